The zero-order valence-electron chi connectivity index (χ0n) is 22.0. The van der Waals surface area contributed by atoms with E-state index in [4.69, 9.17) is 42.1 Å². The molecule has 4 rings (SSSR count). The summed E-state index contributed by atoms with van der Waals surface area (Å²) in [6.07, 6.45) is 0.799. The van der Waals surface area contributed by atoms with E-state index in [1.165, 1.54) is 39.4 Å². The van der Waals surface area contributed by atoms with Gasteiger partial charge in [0.05, 0.1) is 56.3 Å². The van der Waals surface area contributed by atoms with E-state index in [1.54, 1.807) is 18.2 Å². The summed E-state index contributed by atoms with van der Waals surface area (Å²) in [7, 11) is 5.71. The second kappa shape index (κ2) is 11.5. The second-order valence-electron chi connectivity index (χ2n) is 8.62. The van der Waals surface area contributed by atoms with Gasteiger partial charge >= 0.3 is 0 Å². The van der Waals surface area contributed by atoms with Crippen molar-refractivity contribution in [3.63, 3.8) is 0 Å². The number of carbonyl (C=O) groups excluding carboxylic acids is 2. The van der Waals surface area contributed by atoms with Gasteiger partial charge in [-0.3, -0.25) is 14.5 Å². The number of anilines is 1. The molecule has 0 aliphatic carbocycles. The Hall–Kier alpha value is -3.88. The molecular formula is C29H27Cl2NO7. The van der Waals surface area contributed by atoms with E-state index in [2.05, 4.69) is 0 Å². The van der Waals surface area contributed by atoms with Gasteiger partial charge in [0.15, 0.2) is 11.5 Å². The van der Waals surface area contributed by atoms with Crippen LogP contribution in [0.25, 0.3) is 5.76 Å². The zero-order chi connectivity index (χ0) is 28.4. The first-order chi connectivity index (χ1) is 18.7. The first kappa shape index (κ1) is 28.1. The molecule has 39 heavy (non-hydrogen) atoms. The molecule has 1 amide bonds. The molecule has 1 N–H and O–H groups in total. The monoisotopic (exact) mass is 571 g/mol. The zero-order valence-corrected chi connectivity index (χ0v) is 23.5. The summed E-state index contributed by atoms with van der Waals surface area (Å²) in [5.41, 5.74) is 1.87. The number of amides is 1. The van der Waals surface area contributed by atoms with Crippen molar-refractivity contribution < 1.29 is 33.6 Å². The van der Waals surface area contributed by atoms with Crippen molar-refractivity contribution in [1.82, 2.24) is 0 Å². The van der Waals surface area contributed by atoms with E-state index >= 15 is 0 Å². The molecule has 1 aliphatic rings. The molecule has 1 unspecified atom stereocenters. The van der Waals surface area contributed by atoms with Gasteiger partial charge < -0.3 is 24.1 Å². The number of carbonyl (C=O) groups is 2. The summed E-state index contributed by atoms with van der Waals surface area (Å²) in [6, 6.07) is 12.7. The minimum atomic E-state index is -1.00. The van der Waals surface area contributed by atoms with Crippen LogP contribution in [0.5, 0.6) is 23.0 Å². The fraction of sp³-hybridized carbons (Fsp3) is 0.241. The highest BCUT2D eigenvalue weighted by Gasteiger charge is 2.47. The molecule has 0 radical (unpaired) electrons. The third-order valence-corrected chi connectivity index (χ3v) is 7.18. The number of methoxy groups -OCH3 is 4. The Balaban J connectivity index is 2.03. The molecule has 3 aromatic rings. The lowest BCUT2D eigenvalue weighted by molar-refractivity contribution is -0.132. The maximum absolute atomic E-state index is 13.6. The lowest BCUT2D eigenvalue weighted by atomic mass is 9.94. The van der Waals surface area contributed by atoms with Crippen molar-refractivity contribution in [3.05, 3.63) is 80.8 Å². The van der Waals surface area contributed by atoms with E-state index in [-0.39, 0.29) is 32.7 Å². The average Bonchev–Trinajstić information content (AvgIpc) is 3.22. The van der Waals surface area contributed by atoms with Gasteiger partial charge in [-0.15, -0.1) is 0 Å². The maximum atomic E-state index is 13.6. The van der Waals surface area contributed by atoms with Gasteiger partial charge in [0.1, 0.15) is 22.3 Å². The molecule has 204 valence electrons. The third-order valence-electron chi connectivity index (χ3n) is 6.56. The SMILES string of the molecule is CCc1ccc(C2/C(=C(\O)c3cc(Cl)c(OC)c(Cl)c3OC)C(=O)C(=O)N2c2cc(OC)cc(OC)c2)cc1. The van der Waals surface area contributed by atoms with Crippen molar-refractivity contribution in [2.45, 2.75) is 19.4 Å². The highest BCUT2D eigenvalue weighted by molar-refractivity contribution is 6.52. The van der Waals surface area contributed by atoms with E-state index in [0.29, 0.717) is 22.7 Å². The average molecular weight is 572 g/mol. The lowest BCUT2D eigenvalue weighted by Crippen LogP contribution is -2.29. The molecule has 1 saturated heterocycles. The number of aliphatic hydroxyl groups is 1. The molecule has 1 atom stereocenters. The number of hydrogen-bond donors (Lipinski definition) is 1. The number of aliphatic hydroxyl groups excluding tert-OH is 1. The molecule has 1 aliphatic heterocycles. The minimum Gasteiger partial charge on any atom is -0.507 e. The van der Waals surface area contributed by atoms with E-state index in [1.807, 2.05) is 31.2 Å². The van der Waals surface area contributed by atoms with Crippen LogP contribution in [-0.2, 0) is 16.0 Å². The molecule has 0 bridgehead atoms. The number of rotatable bonds is 8. The summed E-state index contributed by atoms with van der Waals surface area (Å²) < 4.78 is 21.5. The van der Waals surface area contributed by atoms with Gasteiger partial charge in [-0.05, 0) is 23.6 Å². The van der Waals surface area contributed by atoms with Crippen LogP contribution in [0, 0.1) is 0 Å². The number of nitrogens with zero attached hydrogens (tertiary/aromatic N) is 1. The number of halogens is 2. The van der Waals surface area contributed by atoms with Crippen molar-refractivity contribution in [1.29, 1.82) is 0 Å². The van der Waals surface area contributed by atoms with E-state index in [0.717, 1.165) is 12.0 Å². The number of hydrogen-bond acceptors (Lipinski definition) is 7. The number of aryl methyl sites for hydroxylation is 1. The van der Waals surface area contributed by atoms with Crippen LogP contribution in [-0.4, -0.2) is 45.2 Å². The Labute approximate surface area is 236 Å². The van der Waals surface area contributed by atoms with Crippen LogP contribution >= 0.6 is 23.2 Å². The Morgan fingerprint density at radius 3 is 1.97 bits per heavy atom. The quantitative estimate of drug-likeness (QED) is 0.195. The molecule has 0 aromatic heterocycles. The van der Waals surface area contributed by atoms with Crippen LogP contribution in [0.2, 0.25) is 10.0 Å². The van der Waals surface area contributed by atoms with Gasteiger partial charge in [0, 0.05) is 18.2 Å². The summed E-state index contributed by atoms with van der Waals surface area (Å²) in [5, 5.41) is 11.7. The summed E-state index contributed by atoms with van der Waals surface area (Å²) >= 11 is 12.8. The molecule has 1 heterocycles. The number of Topliss-reactive ketones (excluding diaryl/α,β-unsaturated/α-hetero) is 1. The van der Waals surface area contributed by atoms with E-state index < -0.39 is 23.5 Å². The topological polar surface area (TPSA) is 94.5 Å². The Kier molecular flexibility index (Phi) is 8.28. The van der Waals surface area contributed by atoms with Crippen LogP contribution in [0.1, 0.15) is 29.7 Å². The molecule has 3 aromatic carbocycles. The first-order valence-corrected chi connectivity index (χ1v) is 12.7. The van der Waals surface area contributed by atoms with Gasteiger partial charge in [-0.2, -0.15) is 0 Å². The largest absolute Gasteiger partial charge is 0.507 e. The van der Waals surface area contributed by atoms with Gasteiger partial charge in [0.25, 0.3) is 11.7 Å². The first-order valence-electron chi connectivity index (χ1n) is 11.9. The van der Waals surface area contributed by atoms with Crippen LogP contribution in [0.3, 0.4) is 0 Å². The van der Waals surface area contributed by atoms with Crippen molar-refractivity contribution in [3.8, 4) is 23.0 Å². The number of ether oxygens (including phenoxy) is 4. The molecule has 0 saturated carbocycles. The number of benzene rings is 3. The Morgan fingerprint density at radius 2 is 1.46 bits per heavy atom. The van der Waals surface area contributed by atoms with E-state index in [9.17, 15) is 14.7 Å². The fourth-order valence-corrected chi connectivity index (χ4v) is 5.26. The lowest BCUT2D eigenvalue weighted by Gasteiger charge is -2.26. The molecule has 10 heteroatoms. The third kappa shape index (κ3) is 4.97. The van der Waals surface area contributed by atoms with Gasteiger partial charge in [-0.1, -0.05) is 54.4 Å². The standard InChI is InChI=1S/C29H27Cl2NO7/c1-6-15-7-9-16(10-8-15)24-22(25(33)20-14-21(30)28(39-5)23(31)27(20)38-4)26(34)29(35)32(24)17-11-18(36-2)13-19(12-17)37-3/h7-14,24,33H,6H2,1-5H3/b25-22+. The Bertz CT molecular complexity index is 1450. The Morgan fingerprint density at radius 1 is 0.872 bits per heavy atom. The minimum absolute atomic E-state index is 0.00431. The highest BCUT2D eigenvalue weighted by Crippen LogP contribution is 2.48. The van der Waals surface area contributed by atoms with Gasteiger partial charge in [0.2, 0.25) is 0 Å². The predicted octanol–water partition coefficient (Wildman–Crippen LogP) is 6.22. The molecule has 8 nitrogen and oxygen atoms in total. The van der Waals surface area contributed by atoms with Crippen molar-refractivity contribution in [2.24, 2.45) is 0 Å². The smallest absolute Gasteiger partial charge is 0.300 e. The maximum Gasteiger partial charge on any atom is 0.300 e. The fourth-order valence-electron chi connectivity index (χ4n) is 4.57. The van der Waals surface area contributed by atoms with Crippen LogP contribution in [0.15, 0.2) is 54.1 Å². The molecule has 0 spiro atoms. The van der Waals surface area contributed by atoms with Crippen LogP contribution < -0.4 is 23.8 Å². The van der Waals surface area contributed by atoms with Crippen LogP contribution in [0.4, 0.5) is 5.69 Å². The summed E-state index contributed by atoms with van der Waals surface area (Å²) in [6.45, 7) is 2.02. The summed E-state index contributed by atoms with van der Waals surface area (Å²) in [4.78, 5) is 28.5. The summed E-state index contributed by atoms with van der Waals surface area (Å²) in [5.74, 6) is -1.24. The number of ketones is 1. The van der Waals surface area contributed by atoms with Gasteiger partial charge in [-0.25, -0.2) is 0 Å². The predicted molar refractivity (Wildman–Crippen MR) is 150 cm³/mol. The molecule has 1 fully saturated rings. The van der Waals surface area contributed by atoms with Crippen molar-refractivity contribution in [2.75, 3.05) is 33.3 Å². The highest BCUT2D eigenvalue weighted by atomic mass is 35.5. The molecular weight excluding hydrogens is 545 g/mol. The normalized spacial score (nSPS) is 16.4. The second-order valence-corrected chi connectivity index (χ2v) is 9.41. The van der Waals surface area contributed by atoms with Crippen molar-refractivity contribution >= 4 is 46.3 Å².